The Hall–Kier alpha value is -2.61. The van der Waals surface area contributed by atoms with Crippen LogP contribution in [0.3, 0.4) is 0 Å². The number of carbonyl (C=O) groups is 2. The minimum Gasteiger partial charge on any atom is -0.397 e. The molecule has 2 rings (SSSR count). The number of hydrogen-bond acceptors (Lipinski definition) is 6. The molecule has 1 aliphatic rings. The SMILES string of the molecule is CNC(=O)C1CCCN1C(=O)C(C(C)C)N(N)/C=C(\N)c1ccncc1. The number of aromatic nitrogens is 1. The second-order valence-electron chi connectivity index (χ2n) is 6.76. The van der Waals surface area contributed by atoms with Crippen molar-refractivity contribution < 1.29 is 9.59 Å². The molecule has 0 aliphatic carbocycles. The summed E-state index contributed by atoms with van der Waals surface area (Å²) in [5.41, 5.74) is 7.32. The number of hydrazine groups is 1. The van der Waals surface area contributed by atoms with E-state index in [4.69, 9.17) is 11.6 Å². The van der Waals surface area contributed by atoms with Gasteiger partial charge in [-0.15, -0.1) is 0 Å². The number of rotatable bonds is 6. The first-order valence-corrected chi connectivity index (χ1v) is 8.79. The van der Waals surface area contributed by atoms with Gasteiger partial charge in [0.15, 0.2) is 0 Å². The highest BCUT2D eigenvalue weighted by molar-refractivity contribution is 5.90. The molecular weight excluding hydrogens is 332 g/mol. The van der Waals surface area contributed by atoms with Gasteiger partial charge in [0.1, 0.15) is 12.1 Å². The van der Waals surface area contributed by atoms with Gasteiger partial charge in [-0.3, -0.25) is 14.6 Å². The minimum atomic E-state index is -0.611. The van der Waals surface area contributed by atoms with Crippen molar-refractivity contribution in [3.63, 3.8) is 0 Å². The quantitative estimate of drug-likeness (QED) is 0.495. The van der Waals surface area contributed by atoms with Crippen LogP contribution in [0.25, 0.3) is 5.70 Å². The smallest absolute Gasteiger partial charge is 0.247 e. The molecule has 1 saturated heterocycles. The average molecular weight is 360 g/mol. The molecule has 2 heterocycles. The Balaban J connectivity index is 2.22. The van der Waals surface area contributed by atoms with Crippen LogP contribution in [0.5, 0.6) is 0 Å². The van der Waals surface area contributed by atoms with Gasteiger partial charge in [0.05, 0.1) is 5.70 Å². The molecule has 2 atom stereocenters. The van der Waals surface area contributed by atoms with E-state index in [1.165, 1.54) is 5.01 Å². The number of nitrogens with one attached hydrogen (secondary N) is 1. The molecule has 142 valence electrons. The molecule has 26 heavy (non-hydrogen) atoms. The second kappa shape index (κ2) is 8.66. The van der Waals surface area contributed by atoms with Crippen molar-refractivity contribution in [2.75, 3.05) is 13.6 Å². The van der Waals surface area contributed by atoms with Crippen molar-refractivity contribution >= 4 is 17.5 Å². The predicted octanol–water partition coefficient (Wildman–Crippen LogP) is 0.276. The summed E-state index contributed by atoms with van der Waals surface area (Å²) in [6, 6.07) is 2.49. The van der Waals surface area contributed by atoms with Crippen LogP contribution in [0.1, 0.15) is 32.3 Å². The fourth-order valence-electron chi connectivity index (χ4n) is 3.26. The molecule has 1 aromatic heterocycles. The third kappa shape index (κ3) is 4.32. The molecule has 0 spiro atoms. The summed E-state index contributed by atoms with van der Waals surface area (Å²) >= 11 is 0. The molecule has 8 heteroatoms. The fraction of sp³-hybridized carbons (Fsp3) is 0.500. The lowest BCUT2D eigenvalue weighted by Crippen LogP contribution is -2.55. The monoisotopic (exact) mass is 360 g/mol. The number of nitrogens with two attached hydrogens (primary N) is 2. The highest BCUT2D eigenvalue weighted by atomic mass is 16.2. The van der Waals surface area contributed by atoms with Gasteiger partial charge in [0.2, 0.25) is 11.8 Å². The third-order valence-electron chi connectivity index (χ3n) is 4.59. The molecule has 8 nitrogen and oxygen atoms in total. The Morgan fingerprint density at radius 3 is 2.62 bits per heavy atom. The number of likely N-dealkylation sites (N-methyl/N-ethyl adjacent to an activating group) is 1. The van der Waals surface area contributed by atoms with Crippen LogP contribution < -0.4 is 16.9 Å². The first kappa shape index (κ1) is 19.7. The normalized spacial score (nSPS) is 18.7. The maximum Gasteiger partial charge on any atom is 0.247 e. The Morgan fingerprint density at radius 2 is 2.04 bits per heavy atom. The molecule has 0 aromatic carbocycles. The Bertz CT molecular complexity index is 661. The topological polar surface area (TPSA) is 118 Å². The molecule has 0 radical (unpaired) electrons. The van der Waals surface area contributed by atoms with Crippen molar-refractivity contribution in [2.24, 2.45) is 17.5 Å². The van der Waals surface area contributed by atoms with Crippen LogP contribution in [-0.2, 0) is 9.59 Å². The highest BCUT2D eigenvalue weighted by Gasteiger charge is 2.39. The minimum absolute atomic E-state index is 0.0556. The Kier molecular flexibility index (Phi) is 6.57. The number of hydrogen-bond donors (Lipinski definition) is 3. The van der Waals surface area contributed by atoms with Crippen LogP contribution in [0.4, 0.5) is 0 Å². The van der Waals surface area contributed by atoms with Crippen molar-refractivity contribution in [2.45, 2.75) is 38.8 Å². The number of carbonyl (C=O) groups excluding carboxylic acids is 2. The van der Waals surface area contributed by atoms with E-state index in [0.717, 1.165) is 12.0 Å². The molecule has 2 unspecified atom stereocenters. The Morgan fingerprint density at radius 1 is 1.38 bits per heavy atom. The average Bonchev–Trinajstić information content (AvgIpc) is 3.11. The van der Waals surface area contributed by atoms with Gasteiger partial charge in [0, 0.05) is 37.7 Å². The van der Waals surface area contributed by atoms with Gasteiger partial charge >= 0.3 is 0 Å². The molecule has 1 aromatic rings. The van der Waals surface area contributed by atoms with Gasteiger partial charge in [-0.1, -0.05) is 13.8 Å². The van der Waals surface area contributed by atoms with Gasteiger partial charge in [0.25, 0.3) is 0 Å². The summed E-state index contributed by atoms with van der Waals surface area (Å²) in [6.07, 6.45) is 6.30. The summed E-state index contributed by atoms with van der Waals surface area (Å²) in [6.45, 7) is 4.39. The summed E-state index contributed by atoms with van der Waals surface area (Å²) in [5, 5.41) is 3.98. The molecule has 0 bridgehead atoms. The van der Waals surface area contributed by atoms with E-state index in [0.29, 0.717) is 18.7 Å². The van der Waals surface area contributed by atoms with E-state index in [-0.39, 0.29) is 17.7 Å². The maximum absolute atomic E-state index is 13.1. The van der Waals surface area contributed by atoms with Crippen LogP contribution in [0, 0.1) is 5.92 Å². The van der Waals surface area contributed by atoms with Crippen LogP contribution >= 0.6 is 0 Å². The van der Waals surface area contributed by atoms with E-state index < -0.39 is 12.1 Å². The molecule has 5 N–H and O–H groups in total. The van der Waals surface area contributed by atoms with Crippen molar-refractivity contribution in [1.82, 2.24) is 20.2 Å². The van der Waals surface area contributed by atoms with E-state index in [2.05, 4.69) is 10.3 Å². The molecule has 0 saturated carbocycles. The Labute approximate surface area is 154 Å². The highest BCUT2D eigenvalue weighted by Crippen LogP contribution is 2.22. The van der Waals surface area contributed by atoms with Gasteiger partial charge in [-0.05, 0) is 30.9 Å². The molecule has 1 aliphatic heterocycles. The summed E-state index contributed by atoms with van der Waals surface area (Å²) in [7, 11) is 1.58. The molecule has 2 amide bonds. The summed E-state index contributed by atoms with van der Waals surface area (Å²) < 4.78 is 0. The summed E-state index contributed by atoms with van der Waals surface area (Å²) in [5.74, 6) is 5.83. The van der Waals surface area contributed by atoms with Gasteiger partial charge in [-0.2, -0.15) is 0 Å². The predicted molar refractivity (Wildman–Crippen MR) is 99.9 cm³/mol. The zero-order chi connectivity index (χ0) is 19.3. The van der Waals surface area contributed by atoms with Crippen molar-refractivity contribution in [3.05, 3.63) is 36.3 Å². The van der Waals surface area contributed by atoms with E-state index in [1.54, 1.807) is 42.7 Å². The lowest BCUT2D eigenvalue weighted by Gasteiger charge is -2.34. The fourth-order valence-corrected chi connectivity index (χ4v) is 3.26. The van der Waals surface area contributed by atoms with Crippen LogP contribution in [-0.4, -0.2) is 52.4 Å². The van der Waals surface area contributed by atoms with E-state index in [1.807, 2.05) is 13.8 Å². The van der Waals surface area contributed by atoms with E-state index in [9.17, 15) is 9.59 Å². The van der Waals surface area contributed by atoms with Crippen LogP contribution in [0.15, 0.2) is 30.7 Å². The molecular formula is C18H28N6O2. The zero-order valence-corrected chi connectivity index (χ0v) is 15.6. The largest absolute Gasteiger partial charge is 0.397 e. The second-order valence-corrected chi connectivity index (χ2v) is 6.76. The number of likely N-dealkylation sites (tertiary alicyclic amines) is 1. The van der Waals surface area contributed by atoms with Gasteiger partial charge < -0.3 is 21.0 Å². The van der Waals surface area contributed by atoms with Crippen LogP contribution in [0.2, 0.25) is 0 Å². The lowest BCUT2D eigenvalue weighted by atomic mass is 10.0. The summed E-state index contributed by atoms with van der Waals surface area (Å²) in [4.78, 5) is 30.8. The third-order valence-corrected chi connectivity index (χ3v) is 4.59. The van der Waals surface area contributed by atoms with Gasteiger partial charge in [-0.25, -0.2) is 5.84 Å². The number of amides is 2. The maximum atomic E-state index is 13.1. The first-order valence-electron chi connectivity index (χ1n) is 8.79. The van der Waals surface area contributed by atoms with Crippen molar-refractivity contribution in [3.8, 4) is 0 Å². The number of pyridine rings is 1. The first-order chi connectivity index (χ1) is 12.4. The molecule has 1 fully saturated rings. The zero-order valence-electron chi connectivity index (χ0n) is 15.6. The number of nitrogens with zero attached hydrogens (tertiary/aromatic N) is 3. The lowest BCUT2D eigenvalue weighted by molar-refractivity contribution is -0.143. The van der Waals surface area contributed by atoms with Crippen molar-refractivity contribution in [1.29, 1.82) is 0 Å². The standard InChI is InChI=1S/C18H28N6O2/c1-12(2)16(18(26)23-10-4-5-15(23)17(25)21-3)24(20)11-14(19)13-6-8-22-9-7-13/h6-9,11-12,15-16H,4-5,10,19-20H2,1-3H3,(H,21,25)/b14-11-. The van der Waals surface area contributed by atoms with E-state index >= 15 is 0 Å².